The maximum absolute atomic E-state index is 5.90. The van der Waals surface area contributed by atoms with Gasteiger partial charge >= 0.3 is 0 Å². The highest BCUT2D eigenvalue weighted by Crippen LogP contribution is 2.16. The van der Waals surface area contributed by atoms with E-state index in [1.165, 1.54) is 5.56 Å². The molecule has 0 bridgehead atoms. The molecule has 0 radical (unpaired) electrons. The standard InChI is InChI=1S/C16H15ClN4OS/c1-20(10-12-4-6-14(17)7-5-12)11-21-16(23)22-15(19-21)13-3-2-8-18-9-13/h2-9H,10-11H2,1H3. The average molecular weight is 347 g/mol. The molecule has 2 heterocycles. The molecule has 23 heavy (non-hydrogen) atoms. The van der Waals surface area contributed by atoms with Crippen molar-refractivity contribution in [2.24, 2.45) is 0 Å². The molecule has 0 unspecified atom stereocenters. The Kier molecular flexibility index (Phi) is 4.85. The molecular weight excluding hydrogens is 332 g/mol. The minimum absolute atomic E-state index is 0.340. The molecule has 0 aliphatic rings. The van der Waals surface area contributed by atoms with E-state index in [-0.39, 0.29) is 0 Å². The normalized spacial score (nSPS) is 11.1. The summed E-state index contributed by atoms with van der Waals surface area (Å²) in [5, 5.41) is 5.15. The Bertz CT molecular complexity index is 829. The number of nitrogens with zero attached hydrogens (tertiary/aromatic N) is 4. The molecule has 0 aliphatic heterocycles. The van der Waals surface area contributed by atoms with Gasteiger partial charge in [0.2, 0.25) is 5.89 Å². The van der Waals surface area contributed by atoms with Gasteiger partial charge in [-0.2, -0.15) is 0 Å². The Morgan fingerprint density at radius 1 is 1.26 bits per heavy atom. The van der Waals surface area contributed by atoms with Crippen LogP contribution < -0.4 is 0 Å². The molecule has 118 valence electrons. The van der Waals surface area contributed by atoms with Crippen LogP contribution in [0.15, 0.2) is 53.2 Å². The van der Waals surface area contributed by atoms with Gasteiger partial charge in [-0.15, -0.1) is 5.10 Å². The largest absolute Gasteiger partial charge is 0.409 e. The zero-order valence-corrected chi connectivity index (χ0v) is 14.1. The number of pyridine rings is 1. The summed E-state index contributed by atoms with van der Waals surface area (Å²) in [6.07, 6.45) is 3.40. The van der Waals surface area contributed by atoms with Gasteiger partial charge in [0.15, 0.2) is 0 Å². The van der Waals surface area contributed by atoms with Gasteiger partial charge in [0.25, 0.3) is 4.84 Å². The lowest BCUT2D eigenvalue weighted by Gasteiger charge is -2.15. The van der Waals surface area contributed by atoms with Crippen LogP contribution in [-0.2, 0) is 13.2 Å². The van der Waals surface area contributed by atoms with Crippen molar-refractivity contribution < 1.29 is 4.42 Å². The van der Waals surface area contributed by atoms with Crippen LogP contribution in [-0.4, -0.2) is 26.7 Å². The van der Waals surface area contributed by atoms with Gasteiger partial charge in [0.05, 0.1) is 12.2 Å². The van der Waals surface area contributed by atoms with Gasteiger partial charge in [-0.05, 0) is 49.1 Å². The average Bonchev–Trinajstić information content (AvgIpc) is 2.91. The highest BCUT2D eigenvalue weighted by molar-refractivity contribution is 7.71. The summed E-state index contributed by atoms with van der Waals surface area (Å²) in [6, 6.07) is 11.5. The van der Waals surface area contributed by atoms with Gasteiger partial charge in [0.1, 0.15) is 0 Å². The van der Waals surface area contributed by atoms with Crippen LogP contribution in [0.5, 0.6) is 0 Å². The second kappa shape index (κ2) is 7.04. The summed E-state index contributed by atoms with van der Waals surface area (Å²) in [5.74, 6) is 0.475. The molecule has 0 aliphatic carbocycles. The molecule has 3 rings (SSSR count). The summed E-state index contributed by atoms with van der Waals surface area (Å²) >= 11 is 11.1. The van der Waals surface area contributed by atoms with Crippen LogP contribution in [0.25, 0.3) is 11.5 Å². The van der Waals surface area contributed by atoms with Gasteiger partial charge in [-0.25, -0.2) is 4.68 Å². The Morgan fingerprint density at radius 3 is 2.74 bits per heavy atom. The Morgan fingerprint density at radius 2 is 2.04 bits per heavy atom. The van der Waals surface area contributed by atoms with Crippen LogP contribution in [0.2, 0.25) is 5.02 Å². The highest BCUT2D eigenvalue weighted by Gasteiger charge is 2.10. The first-order valence-corrected chi connectivity index (χ1v) is 7.82. The van der Waals surface area contributed by atoms with Gasteiger partial charge in [-0.3, -0.25) is 9.88 Å². The maximum atomic E-state index is 5.90. The number of rotatable bonds is 5. The molecule has 0 saturated carbocycles. The Balaban J connectivity index is 1.71. The van der Waals surface area contributed by atoms with E-state index in [2.05, 4.69) is 15.0 Å². The van der Waals surface area contributed by atoms with Gasteiger partial charge < -0.3 is 4.42 Å². The van der Waals surface area contributed by atoms with E-state index in [9.17, 15) is 0 Å². The third-order valence-electron chi connectivity index (χ3n) is 3.26. The topological polar surface area (TPSA) is 47.1 Å². The van der Waals surface area contributed by atoms with Crippen molar-refractivity contribution in [3.05, 3.63) is 64.2 Å². The maximum Gasteiger partial charge on any atom is 0.288 e. The molecule has 0 saturated heterocycles. The molecule has 1 aromatic carbocycles. The lowest BCUT2D eigenvalue weighted by molar-refractivity contribution is 0.240. The minimum Gasteiger partial charge on any atom is -0.409 e. The van der Waals surface area contributed by atoms with E-state index < -0.39 is 0 Å². The number of benzene rings is 1. The fraction of sp³-hybridized carbons (Fsp3) is 0.188. The monoisotopic (exact) mass is 346 g/mol. The van der Waals surface area contributed by atoms with Crippen molar-refractivity contribution in [3.63, 3.8) is 0 Å². The van der Waals surface area contributed by atoms with Crippen molar-refractivity contribution in [2.75, 3.05) is 7.05 Å². The van der Waals surface area contributed by atoms with E-state index in [1.54, 1.807) is 17.1 Å². The third-order valence-corrected chi connectivity index (χ3v) is 3.80. The number of aromatic nitrogens is 3. The summed E-state index contributed by atoms with van der Waals surface area (Å²) in [6.45, 7) is 1.29. The molecular formula is C16H15ClN4OS. The predicted molar refractivity (Wildman–Crippen MR) is 91.5 cm³/mol. The van der Waals surface area contributed by atoms with Crippen molar-refractivity contribution >= 4 is 23.8 Å². The minimum atomic E-state index is 0.340. The van der Waals surface area contributed by atoms with Crippen LogP contribution in [0.4, 0.5) is 0 Å². The van der Waals surface area contributed by atoms with Crippen LogP contribution in [0.3, 0.4) is 0 Å². The fourth-order valence-electron chi connectivity index (χ4n) is 2.18. The fourth-order valence-corrected chi connectivity index (χ4v) is 2.49. The molecule has 7 heteroatoms. The quantitative estimate of drug-likeness (QED) is 0.653. The summed E-state index contributed by atoms with van der Waals surface area (Å²) in [5.41, 5.74) is 1.97. The van der Waals surface area contributed by atoms with Crippen molar-refractivity contribution in [3.8, 4) is 11.5 Å². The molecule has 3 aromatic rings. The van der Waals surface area contributed by atoms with Crippen LogP contribution >= 0.6 is 23.8 Å². The molecule has 0 N–H and O–H groups in total. The highest BCUT2D eigenvalue weighted by atomic mass is 35.5. The Labute approximate surface area is 144 Å². The van der Waals surface area contributed by atoms with E-state index in [0.29, 0.717) is 17.4 Å². The molecule has 0 spiro atoms. The molecule has 0 fully saturated rings. The summed E-state index contributed by atoms with van der Waals surface area (Å²) in [4.78, 5) is 6.49. The number of halogens is 1. The second-order valence-electron chi connectivity index (χ2n) is 5.20. The van der Waals surface area contributed by atoms with E-state index in [4.69, 9.17) is 28.2 Å². The SMILES string of the molecule is CN(Cc1ccc(Cl)cc1)Cn1nc(-c2cccnc2)oc1=S. The lowest BCUT2D eigenvalue weighted by Crippen LogP contribution is -2.22. The van der Waals surface area contributed by atoms with E-state index in [1.807, 2.05) is 43.4 Å². The van der Waals surface area contributed by atoms with Crippen molar-refractivity contribution in [2.45, 2.75) is 13.2 Å². The molecule has 0 atom stereocenters. The zero-order valence-electron chi connectivity index (χ0n) is 12.5. The van der Waals surface area contributed by atoms with Gasteiger partial charge in [0, 0.05) is 24.0 Å². The predicted octanol–water partition coefficient (Wildman–Crippen LogP) is 4.01. The number of hydrogen-bond acceptors (Lipinski definition) is 5. The number of hydrogen-bond donors (Lipinski definition) is 0. The molecule has 0 amide bonds. The summed E-state index contributed by atoms with van der Waals surface area (Å²) < 4.78 is 7.21. The van der Waals surface area contributed by atoms with Crippen LogP contribution in [0.1, 0.15) is 5.56 Å². The van der Waals surface area contributed by atoms with Crippen LogP contribution in [0, 0.1) is 4.84 Å². The first-order valence-electron chi connectivity index (χ1n) is 7.03. The first-order chi connectivity index (χ1) is 11.1. The molecule has 5 nitrogen and oxygen atoms in total. The van der Waals surface area contributed by atoms with Gasteiger partial charge in [-0.1, -0.05) is 23.7 Å². The smallest absolute Gasteiger partial charge is 0.288 e. The third kappa shape index (κ3) is 4.04. The second-order valence-corrected chi connectivity index (χ2v) is 5.98. The lowest BCUT2D eigenvalue weighted by atomic mass is 10.2. The first kappa shape index (κ1) is 15.9. The van der Waals surface area contributed by atoms with Crippen molar-refractivity contribution in [1.82, 2.24) is 19.7 Å². The Hall–Kier alpha value is -2.02. The summed E-state index contributed by atoms with van der Waals surface area (Å²) in [7, 11) is 1.99. The van der Waals surface area contributed by atoms with E-state index in [0.717, 1.165) is 17.1 Å². The zero-order chi connectivity index (χ0) is 16.2. The van der Waals surface area contributed by atoms with E-state index >= 15 is 0 Å². The van der Waals surface area contributed by atoms with Crippen molar-refractivity contribution in [1.29, 1.82) is 0 Å². The molecule has 2 aromatic heterocycles.